The number of thioether (sulfide) groups is 1. The molecule has 0 radical (unpaired) electrons. The van der Waals surface area contributed by atoms with E-state index >= 15 is 0 Å². The summed E-state index contributed by atoms with van der Waals surface area (Å²) in [6.07, 6.45) is 2.06. The van der Waals surface area contributed by atoms with Crippen LogP contribution in [0.5, 0.6) is 0 Å². The van der Waals surface area contributed by atoms with Crippen molar-refractivity contribution in [1.82, 2.24) is 5.32 Å². The second-order valence-electron chi connectivity index (χ2n) is 4.70. The normalized spacial score (nSPS) is 21.2. The van der Waals surface area contributed by atoms with E-state index in [-0.39, 0.29) is 6.04 Å². The first-order valence-electron chi connectivity index (χ1n) is 6.49. The summed E-state index contributed by atoms with van der Waals surface area (Å²) in [4.78, 5) is 0. The highest BCUT2D eigenvalue weighted by molar-refractivity contribution is 7.99. The second kappa shape index (κ2) is 6.53. The molecule has 1 aromatic rings. The first kappa shape index (κ1) is 13.8. The van der Waals surface area contributed by atoms with Gasteiger partial charge in [-0.05, 0) is 42.9 Å². The van der Waals surface area contributed by atoms with Crippen LogP contribution in [-0.4, -0.2) is 18.1 Å². The highest BCUT2D eigenvalue weighted by Gasteiger charge is 2.28. The molecule has 4 heteroatoms. The van der Waals surface area contributed by atoms with Crippen LogP contribution in [0.3, 0.4) is 0 Å². The Morgan fingerprint density at radius 2 is 2.28 bits per heavy atom. The molecule has 1 aliphatic rings. The average Bonchev–Trinajstić information content (AvgIpc) is 2.88. The smallest absolute Gasteiger partial charge is 0.163 e. The van der Waals surface area contributed by atoms with Gasteiger partial charge in [0.2, 0.25) is 0 Å². The van der Waals surface area contributed by atoms with Gasteiger partial charge in [0.15, 0.2) is 11.6 Å². The molecule has 18 heavy (non-hydrogen) atoms. The Kier molecular flexibility index (Phi) is 5.01. The average molecular weight is 271 g/mol. The molecule has 1 aromatic carbocycles. The van der Waals surface area contributed by atoms with Gasteiger partial charge in [0, 0.05) is 11.6 Å². The minimum Gasteiger partial charge on any atom is -0.310 e. The van der Waals surface area contributed by atoms with E-state index in [1.54, 1.807) is 12.1 Å². The van der Waals surface area contributed by atoms with Gasteiger partial charge in [-0.3, -0.25) is 0 Å². The number of benzene rings is 1. The van der Waals surface area contributed by atoms with E-state index in [0.29, 0.717) is 11.5 Å². The maximum absolute atomic E-state index is 13.9. The molecule has 100 valence electrons. The number of nitrogens with one attached hydrogen (secondary N) is 1. The SMILES string of the molecule is CCCNC(c1cccc(F)c1F)C1CCSC1. The fourth-order valence-electron chi connectivity index (χ4n) is 2.41. The van der Waals surface area contributed by atoms with Crippen LogP contribution in [0.1, 0.15) is 31.4 Å². The summed E-state index contributed by atoms with van der Waals surface area (Å²) in [7, 11) is 0. The third-order valence-corrected chi connectivity index (χ3v) is 4.56. The zero-order valence-electron chi connectivity index (χ0n) is 10.6. The zero-order valence-corrected chi connectivity index (χ0v) is 11.4. The molecule has 2 rings (SSSR count). The maximum Gasteiger partial charge on any atom is 0.163 e. The van der Waals surface area contributed by atoms with Gasteiger partial charge < -0.3 is 5.32 Å². The molecule has 1 N–H and O–H groups in total. The van der Waals surface area contributed by atoms with Crippen molar-refractivity contribution in [3.63, 3.8) is 0 Å². The van der Waals surface area contributed by atoms with E-state index in [4.69, 9.17) is 0 Å². The highest BCUT2D eigenvalue weighted by atomic mass is 32.2. The summed E-state index contributed by atoms with van der Waals surface area (Å²) < 4.78 is 27.3. The zero-order chi connectivity index (χ0) is 13.0. The predicted octanol–water partition coefficient (Wildman–Crippen LogP) is 3.76. The molecule has 1 fully saturated rings. The maximum atomic E-state index is 13.9. The molecule has 1 nitrogen and oxygen atoms in total. The summed E-state index contributed by atoms with van der Waals surface area (Å²) in [5.74, 6) is 1.10. The summed E-state index contributed by atoms with van der Waals surface area (Å²) in [5, 5.41) is 3.38. The van der Waals surface area contributed by atoms with Crippen LogP contribution in [0.4, 0.5) is 8.78 Å². The summed E-state index contributed by atoms with van der Waals surface area (Å²) in [6.45, 7) is 2.91. The van der Waals surface area contributed by atoms with Crippen molar-refractivity contribution in [2.75, 3.05) is 18.1 Å². The fourth-order valence-corrected chi connectivity index (χ4v) is 3.70. The number of hydrogen-bond acceptors (Lipinski definition) is 2. The summed E-state index contributed by atoms with van der Waals surface area (Å²) in [6, 6.07) is 4.42. The largest absolute Gasteiger partial charge is 0.310 e. The van der Waals surface area contributed by atoms with Crippen molar-refractivity contribution < 1.29 is 8.78 Å². The van der Waals surface area contributed by atoms with E-state index in [1.165, 1.54) is 6.07 Å². The van der Waals surface area contributed by atoms with Crippen molar-refractivity contribution in [3.8, 4) is 0 Å². The third kappa shape index (κ3) is 3.04. The monoisotopic (exact) mass is 271 g/mol. The molecule has 1 heterocycles. The van der Waals surface area contributed by atoms with Crippen LogP contribution >= 0.6 is 11.8 Å². The molecule has 0 bridgehead atoms. The van der Waals surface area contributed by atoms with Gasteiger partial charge in [0.1, 0.15) is 0 Å². The molecule has 0 aliphatic carbocycles. The number of halogens is 2. The topological polar surface area (TPSA) is 12.0 Å². The van der Waals surface area contributed by atoms with Crippen molar-refractivity contribution in [2.45, 2.75) is 25.8 Å². The van der Waals surface area contributed by atoms with Crippen molar-refractivity contribution in [2.24, 2.45) is 5.92 Å². The fraction of sp³-hybridized carbons (Fsp3) is 0.571. The lowest BCUT2D eigenvalue weighted by atomic mass is 9.92. The first-order valence-corrected chi connectivity index (χ1v) is 7.64. The molecule has 2 unspecified atom stereocenters. The standard InChI is InChI=1S/C14H19F2NS/c1-2-7-17-14(10-6-8-18-9-10)11-4-3-5-12(15)13(11)16/h3-5,10,14,17H,2,6-9H2,1H3. The van der Waals surface area contributed by atoms with Gasteiger partial charge in [-0.2, -0.15) is 11.8 Å². The Labute approximate surface area is 111 Å². The molecular formula is C14H19F2NS. The highest BCUT2D eigenvalue weighted by Crippen LogP contribution is 2.35. The molecule has 1 aliphatic heterocycles. The van der Waals surface area contributed by atoms with E-state index in [2.05, 4.69) is 12.2 Å². The van der Waals surface area contributed by atoms with Gasteiger partial charge in [0.05, 0.1) is 0 Å². The van der Waals surface area contributed by atoms with Gasteiger partial charge in [-0.25, -0.2) is 8.78 Å². The molecular weight excluding hydrogens is 252 g/mol. The molecule has 0 amide bonds. The lowest BCUT2D eigenvalue weighted by molar-refractivity contribution is 0.373. The summed E-state index contributed by atoms with van der Waals surface area (Å²) in [5.41, 5.74) is 0.482. The first-order chi connectivity index (χ1) is 8.74. The van der Waals surface area contributed by atoms with Crippen LogP contribution in [0.2, 0.25) is 0 Å². The van der Waals surface area contributed by atoms with Gasteiger partial charge >= 0.3 is 0 Å². The van der Waals surface area contributed by atoms with E-state index in [0.717, 1.165) is 30.9 Å². The van der Waals surface area contributed by atoms with Gasteiger partial charge in [-0.1, -0.05) is 19.1 Å². The third-order valence-electron chi connectivity index (χ3n) is 3.37. The lowest BCUT2D eigenvalue weighted by Gasteiger charge is -2.25. The Bertz CT molecular complexity index is 391. The molecule has 0 spiro atoms. The van der Waals surface area contributed by atoms with E-state index in [1.807, 2.05) is 11.8 Å². The predicted molar refractivity (Wildman–Crippen MR) is 72.8 cm³/mol. The quantitative estimate of drug-likeness (QED) is 0.875. The lowest BCUT2D eigenvalue weighted by Crippen LogP contribution is -2.30. The van der Waals surface area contributed by atoms with Gasteiger partial charge in [-0.15, -0.1) is 0 Å². The molecule has 2 atom stereocenters. The van der Waals surface area contributed by atoms with Crippen LogP contribution in [0.15, 0.2) is 18.2 Å². The second-order valence-corrected chi connectivity index (χ2v) is 5.85. The van der Waals surface area contributed by atoms with Crippen LogP contribution < -0.4 is 5.32 Å². The van der Waals surface area contributed by atoms with E-state index < -0.39 is 11.6 Å². The molecule has 0 aromatic heterocycles. The summed E-state index contributed by atoms with van der Waals surface area (Å²) >= 11 is 1.89. The molecule has 1 saturated heterocycles. The Hall–Kier alpha value is -0.610. The minimum atomic E-state index is -0.749. The Morgan fingerprint density at radius 3 is 2.94 bits per heavy atom. The minimum absolute atomic E-state index is 0.0596. The van der Waals surface area contributed by atoms with Gasteiger partial charge in [0.25, 0.3) is 0 Å². The Balaban J connectivity index is 2.23. The van der Waals surface area contributed by atoms with Crippen molar-refractivity contribution in [3.05, 3.63) is 35.4 Å². The van der Waals surface area contributed by atoms with E-state index in [9.17, 15) is 8.78 Å². The van der Waals surface area contributed by atoms with Crippen molar-refractivity contribution >= 4 is 11.8 Å². The number of rotatable bonds is 5. The van der Waals surface area contributed by atoms with Crippen LogP contribution in [-0.2, 0) is 0 Å². The van der Waals surface area contributed by atoms with Crippen LogP contribution in [0, 0.1) is 17.6 Å². The van der Waals surface area contributed by atoms with Crippen molar-refractivity contribution in [1.29, 1.82) is 0 Å². The molecule has 0 saturated carbocycles. The Morgan fingerprint density at radius 1 is 1.44 bits per heavy atom. The number of hydrogen-bond donors (Lipinski definition) is 1. The van der Waals surface area contributed by atoms with Crippen LogP contribution in [0.25, 0.3) is 0 Å².